The van der Waals surface area contributed by atoms with E-state index < -0.39 is 8.07 Å². The number of aryl methyl sites for hydroxylation is 1. The van der Waals surface area contributed by atoms with E-state index in [9.17, 15) is 0 Å². The summed E-state index contributed by atoms with van der Waals surface area (Å²) in [5, 5.41) is 4.82. The highest BCUT2D eigenvalue weighted by Crippen LogP contribution is 2.31. The number of allylic oxidation sites excluding steroid dienone is 4. The molecule has 0 aliphatic heterocycles. The highest BCUT2D eigenvalue weighted by molar-refractivity contribution is 7.06. The largest absolute Gasteiger partial charge is 0.141 e. The molecule has 1 aliphatic rings. The van der Waals surface area contributed by atoms with Gasteiger partial charge < -0.3 is 0 Å². The first kappa shape index (κ1) is 19.9. The normalized spacial score (nSPS) is 16.0. The lowest BCUT2D eigenvalue weighted by atomic mass is 10.1. The lowest BCUT2D eigenvalue weighted by Gasteiger charge is -2.32. The molecule has 0 radical (unpaired) electrons. The van der Waals surface area contributed by atoms with Gasteiger partial charge in [0.1, 0.15) is 8.07 Å². The van der Waals surface area contributed by atoms with Crippen LogP contribution in [0, 0.1) is 0 Å². The summed E-state index contributed by atoms with van der Waals surface area (Å²) in [4.78, 5) is 0. The molecule has 0 heterocycles. The van der Waals surface area contributed by atoms with Gasteiger partial charge in [-0.3, -0.25) is 0 Å². The Hall–Kier alpha value is -1.86. The predicted octanol–water partition coefficient (Wildman–Crippen LogP) is 6.21. The quantitative estimate of drug-likeness (QED) is 0.458. The molecule has 1 heteroatoms. The fourth-order valence-corrected chi connectivity index (χ4v) is 8.45. The van der Waals surface area contributed by atoms with Gasteiger partial charge >= 0.3 is 0 Å². The van der Waals surface area contributed by atoms with Crippen molar-refractivity contribution in [3.8, 4) is 0 Å². The molecule has 27 heavy (non-hydrogen) atoms. The number of rotatable bonds is 9. The Morgan fingerprint density at radius 2 is 1.41 bits per heavy atom. The molecule has 0 aromatic heterocycles. The minimum Gasteiger partial charge on any atom is -0.0806 e. The number of hydrogen-bond donors (Lipinski definition) is 0. The molecule has 1 unspecified atom stereocenters. The first-order valence-corrected chi connectivity index (χ1v) is 13.2. The molecule has 0 fully saturated rings. The van der Waals surface area contributed by atoms with Crippen molar-refractivity contribution in [1.29, 1.82) is 0 Å². The van der Waals surface area contributed by atoms with E-state index >= 15 is 0 Å². The van der Waals surface area contributed by atoms with Crippen LogP contribution in [0.5, 0.6) is 0 Å². The van der Waals surface area contributed by atoms with Gasteiger partial charge in [-0.2, -0.15) is 0 Å². The van der Waals surface area contributed by atoms with E-state index in [-0.39, 0.29) is 0 Å². The molecule has 0 N–H and O–H groups in total. The minimum atomic E-state index is -1.92. The Morgan fingerprint density at radius 3 is 2.07 bits per heavy atom. The molecule has 0 spiro atoms. The van der Waals surface area contributed by atoms with Crippen LogP contribution < -0.4 is 10.4 Å². The molecule has 1 aliphatic carbocycles. The van der Waals surface area contributed by atoms with E-state index in [0.717, 1.165) is 6.42 Å². The van der Waals surface area contributed by atoms with Gasteiger partial charge in [-0.1, -0.05) is 111 Å². The van der Waals surface area contributed by atoms with Crippen molar-refractivity contribution < 1.29 is 0 Å². The average molecular weight is 375 g/mol. The van der Waals surface area contributed by atoms with Gasteiger partial charge in [0, 0.05) is 0 Å². The summed E-state index contributed by atoms with van der Waals surface area (Å²) >= 11 is 0. The van der Waals surface area contributed by atoms with Crippen molar-refractivity contribution in [3.05, 3.63) is 83.1 Å². The third kappa shape index (κ3) is 4.35. The third-order valence-corrected chi connectivity index (χ3v) is 10.8. The SMILES string of the molecule is CCCCC1=C([Si](C)(c2ccccc2)c2ccc(CCCC)cc2)CC=C1. The van der Waals surface area contributed by atoms with E-state index in [1.807, 2.05) is 0 Å². The molecular formula is C26H34Si. The highest BCUT2D eigenvalue weighted by atomic mass is 28.3. The second kappa shape index (κ2) is 9.37. The van der Waals surface area contributed by atoms with E-state index in [1.54, 1.807) is 21.1 Å². The first-order valence-electron chi connectivity index (χ1n) is 10.7. The Labute approximate surface area is 167 Å². The van der Waals surface area contributed by atoms with E-state index in [4.69, 9.17) is 0 Å². The number of unbranched alkanes of at least 4 members (excludes halogenated alkanes) is 2. The van der Waals surface area contributed by atoms with E-state index in [0.29, 0.717) is 0 Å². The molecule has 0 amide bonds. The Morgan fingerprint density at radius 1 is 0.778 bits per heavy atom. The average Bonchev–Trinajstić information content (AvgIpc) is 3.20. The van der Waals surface area contributed by atoms with Gasteiger partial charge in [-0.25, -0.2) is 0 Å². The zero-order chi connectivity index (χ0) is 19.1. The second-order valence-corrected chi connectivity index (χ2v) is 12.0. The van der Waals surface area contributed by atoms with Gasteiger partial charge in [-0.05, 0) is 48.0 Å². The topological polar surface area (TPSA) is 0 Å². The molecule has 2 aromatic carbocycles. The molecule has 1 atom stereocenters. The first-order chi connectivity index (χ1) is 13.2. The molecule has 0 saturated heterocycles. The van der Waals surface area contributed by atoms with Gasteiger partial charge in [0.2, 0.25) is 0 Å². The van der Waals surface area contributed by atoms with Gasteiger partial charge in [0.15, 0.2) is 0 Å². The van der Waals surface area contributed by atoms with Crippen LogP contribution >= 0.6 is 0 Å². The van der Waals surface area contributed by atoms with Crippen LogP contribution in [-0.2, 0) is 6.42 Å². The van der Waals surface area contributed by atoms with Gasteiger partial charge in [0.25, 0.3) is 0 Å². The third-order valence-electron chi connectivity index (χ3n) is 6.13. The maximum atomic E-state index is 2.57. The van der Waals surface area contributed by atoms with Crippen molar-refractivity contribution in [2.75, 3.05) is 0 Å². The summed E-state index contributed by atoms with van der Waals surface area (Å²) in [6, 6.07) is 20.9. The van der Waals surface area contributed by atoms with Crippen LogP contribution in [0.4, 0.5) is 0 Å². The maximum Gasteiger partial charge on any atom is 0.141 e. The van der Waals surface area contributed by atoms with Crippen molar-refractivity contribution >= 4 is 18.4 Å². The molecule has 0 bridgehead atoms. The van der Waals surface area contributed by atoms with Crippen molar-refractivity contribution in [1.82, 2.24) is 0 Å². The summed E-state index contributed by atoms with van der Waals surface area (Å²) in [6.07, 6.45) is 13.5. The Kier molecular flexibility index (Phi) is 6.90. The molecule has 0 nitrogen and oxygen atoms in total. The summed E-state index contributed by atoms with van der Waals surface area (Å²) in [6.45, 7) is 7.13. The summed E-state index contributed by atoms with van der Waals surface area (Å²) in [7, 11) is -1.92. The van der Waals surface area contributed by atoms with Crippen LogP contribution in [-0.4, -0.2) is 8.07 Å². The van der Waals surface area contributed by atoms with E-state index in [1.165, 1.54) is 44.1 Å². The van der Waals surface area contributed by atoms with Crippen LogP contribution in [0.25, 0.3) is 0 Å². The molecule has 142 valence electrons. The second-order valence-electron chi connectivity index (χ2n) is 8.01. The molecule has 0 saturated carbocycles. The van der Waals surface area contributed by atoms with Crippen molar-refractivity contribution in [2.45, 2.75) is 65.3 Å². The highest BCUT2D eigenvalue weighted by Gasteiger charge is 2.37. The number of hydrogen-bond acceptors (Lipinski definition) is 0. The summed E-state index contributed by atoms with van der Waals surface area (Å²) < 4.78 is 0. The summed E-state index contributed by atoms with van der Waals surface area (Å²) in [5.41, 5.74) is 3.10. The Bertz CT molecular complexity index is 783. The fraction of sp³-hybridized carbons (Fsp3) is 0.385. The van der Waals surface area contributed by atoms with Crippen LogP contribution in [0.1, 0.15) is 57.9 Å². The fourth-order valence-electron chi connectivity index (χ4n) is 4.35. The lowest BCUT2D eigenvalue weighted by Crippen LogP contribution is -2.57. The van der Waals surface area contributed by atoms with E-state index in [2.05, 4.69) is 87.1 Å². The van der Waals surface area contributed by atoms with Crippen molar-refractivity contribution in [2.24, 2.45) is 0 Å². The minimum absolute atomic E-state index is 1.13. The zero-order valence-electron chi connectivity index (χ0n) is 17.3. The predicted molar refractivity (Wildman–Crippen MR) is 123 cm³/mol. The van der Waals surface area contributed by atoms with Crippen LogP contribution in [0.15, 0.2) is 77.5 Å². The van der Waals surface area contributed by atoms with Crippen molar-refractivity contribution in [3.63, 3.8) is 0 Å². The Balaban J connectivity index is 2.04. The number of benzene rings is 2. The maximum absolute atomic E-state index is 2.57. The lowest BCUT2D eigenvalue weighted by molar-refractivity contribution is 0.795. The van der Waals surface area contributed by atoms with Crippen LogP contribution in [0.2, 0.25) is 6.55 Å². The molecule has 2 aromatic rings. The van der Waals surface area contributed by atoms with Crippen LogP contribution in [0.3, 0.4) is 0 Å². The van der Waals surface area contributed by atoms with Gasteiger partial charge in [0.05, 0.1) is 0 Å². The van der Waals surface area contributed by atoms with Gasteiger partial charge in [-0.15, -0.1) is 0 Å². The standard InChI is InChI=1S/C26H34Si/c1-4-6-12-22-18-20-25(21-19-22)27(3,24-15-9-8-10-16-24)26-17-11-14-23(26)13-7-5-2/h8-11,14-16,18-21H,4-7,12-13,17H2,1-3H3. The molecular weight excluding hydrogens is 340 g/mol. The zero-order valence-corrected chi connectivity index (χ0v) is 18.3. The smallest absolute Gasteiger partial charge is 0.0806 e. The summed E-state index contributed by atoms with van der Waals surface area (Å²) in [5.74, 6) is 0. The molecule has 3 rings (SSSR count). The monoisotopic (exact) mass is 374 g/mol.